The van der Waals surface area contributed by atoms with Crippen molar-refractivity contribution in [3.8, 4) is 17.0 Å². The summed E-state index contributed by atoms with van der Waals surface area (Å²) in [4.78, 5) is 21.3. The molecule has 0 unspecified atom stereocenters. The molecule has 148 valence electrons. The van der Waals surface area contributed by atoms with Gasteiger partial charge in [0.1, 0.15) is 0 Å². The van der Waals surface area contributed by atoms with Gasteiger partial charge in [-0.3, -0.25) is 10.1 Å². The van der Waals surface area contributed by atoms with E-state index in [0.29, 0.717) is 22.0 Å². The number of carbonyl (C=O) groups is 1. The van der Waals surface area contributed by atoms with Crippen molar-refractivity contribution in [2.75, 3.05) is 12.4 Å². The number of nitrogens with one attached hydrogen (secondary N) is 1. The molecule has 3 aromatic heterocycles. The molecule has 4 aromatic rings. The Morgan fingerprint density at radius 1 is 1.28 bits per heavy atom. The zero-order chi connectivity index (χ0) is 20.5. The van der Waals surface area contributed by atoms with Gasteiger partial charge in [-0.1, -0.05) is 0 Å². The molecule has 0 saturated heterocycles. The van der Waals surface area contributed by atoms with E-state index in [-0.39, 0.29) is 17.7 Å². The van der Waals surface area contributed by atoms with Crippen LogP contribution in [-0.2, 0) is 0 Å². The standard InChI is InChI=1S/C20H18FN5O2S/c1-11(2)26-18-13(9-23-26)6-14(8-22-18)19(27)25-20-24-16(10-29-20)12-4-5-17(28-3)15(21)7-12/h4-11H,1-3H3,(H,24,25,27). The van der Waals surface area contributed by atoms with Crippen LogP contribution in [-0.4, -0.2) is 32.8 Å². The lowest BCUT2D eigenvalue weighted by Crippen LogP contribution is -2.12. The quantitative estimate of drug-likeness (QED) is 0.522. The Balaban J connectivity index is 1.53. The van der Waals surface area contributed by atoms with E-state index >= 15 is 0 Å². The molecular weight excluding hydrogens is 393 g/mol. The van der Waals surface area contributed by atoms with Crippen LogP contribution in [0.4, 0.5) is 9.52 Å². The minimum absolute atomic E-state index is 0.168. The summed E-state index contributed by atoms with van der Waals surface area (Å²) >= 11 is 1.26. The van der Waals surface area contributed by atoms with E-state index in [1.807, 2.05) is 13.8 Å². The molecule has 1 aromatic carbocycles. The van der Waals surface area contributed by atoms with Crippen LogP contribution in [0.15, 0.2) is 42.0 Å². The molecule has 0 saturated carbocycles. The van der Waals surface area contributed by atoms with Gasteiger partial charge in [-0.15, -0.1) is 11.3 Å². The van der Waals surface area contributed by atoms with Gasteiger partial charge in [0.15, 0.2) is 22.3 Å². The smallest absolute Gasteiger partial charge is 0.259 e. The second-order valence-electron chi connectivity index (χ2n) is 6.66. The maximum atomic E-state index is 13.9. The fourth-order valence-electron chi connectivity index (χ4n) is 2.90. The number of anilines is 1. The minimum Gasteiger partial charge on any atom is -0.494 e. The molecule has 0 spiro atoms. The molecule has 1 N–H and O–H groups in total. The van der Waals surface area contributed by atoms with Crippen molar-refractivity contribution in [2.24, 2.45) is 0 Å². The molecule has 0 aliphatic rings. The van der Waals surface area contributed by atoms with E-state index in [1.54, 1.807) is 34.5 Å². The van der Waals surface area contributed by atoms with Crippen LogP contribution in [0.5, 0.6) is 5.75 Å². The third-order valence-corrected chi connectivity index (χ3v) is 5.11. The molecular formula is C20H18FN5O2S. The molecule has 1 amide bonds. The molecule has 4 rings (SSSR count). The van der Waals surface area contributed by atoms with Gasteiger partial charge < -0.3 is 4.74 Å². The molecule has 0 fully saturated rings. The van der Waals surface area contributed by atoms with Gasteiger partial charge >= 0.3 is 0 Å². The van der Waals surface area contributed by atoms with Gasteiger partial charge in [0.2, 0.25) is 0 Å². The van der Waals surface area contributed by atoms with Crippen molar-refractivity contribution in [2.45, 2.75) is 19.9 Å². The highest BCUT2D eigenvalue weighted by Crippen LogP contribution is 2.28. The van der Waals surface area contributed by atoms with Crippen molar-refractivity contribution in [1.82, 2.24) is 19.7 Å². The second kappa shape index (κ2) is 7.59. The number of halogens is 1. The summed E-state index contributed by atoms with van der Waals surface area (Å²) in [6.45, 7) is 4.03. The number of pyridine rings is 1. The van der Waals surface area contributed by atoms with E-state index in [1.165, 1.54) is 30.7 Å². The zero-order valence-corrected chi connectivity index (χ0v) is 16.8. The molecule has 7 nitrogen and oxygen atoms in total. The summed E-state index contributed by atoms with van der Waals surface area (Å²) in [7, 11) is 1.41. The maximum absolute atomic E-state index is 13.9. The normalized spacial score (nSPS) is 11.2. The number of benzene rings is 1. The van der Waals surface area contributed by atoms with Crippen LogP contribution >= 0.6 is 11.3 Å². The number of thiazole rings is 1. The molecule has 0 aliphatic carbocycles. The summed E-state index contributed by atoms with van der Waals surface area (Å²) in [5.74, 6) is -0.621. The third-order valence-electron chi connectivity index (χ3n) is 4.36. The molecule has 0 radical (unpaired) electrons. The maximum Gasteiger partial charge on any atom is 0.259 e. The van der Waals surface area contributed by atoms with E-state index in [4.69, 9.17) is 4.74 Å². The Morgan fingerprint density at radius 3 is 2.83 bits per heavy atom. The lowest BCUT2D eigenvalue weighted by atomic mass is 10.1. The summed E-state index contributed by atoms with van der Waals surface area (Å²) in [5, 5.41) is 10.0. The first-order valence-corrected chi connectivity index (χ1v) is 9.78. The van der Waals surface area contributed by atoms with Crippen LogP contribution < -0.4 is 10.1 Å². The third kappa shape index (κ3) is 3.68. The number of hydrogen-bond donors (Lipinski definition) is 1. The van der Waals surface area contributed by atoms with Crippen molar-refractivity contribution in [1.29, 1.82) is 0 Å². The summed E-state index contributed by atoms with van der Waals surface area (Å²) in [5.41, 5.74) is 2.31. The van der Waals surface area contributed by atoms with Gasteiger partial charge in [-0.25, -0.2) is 19.0 Å². The highest BCUT2D eigenvalue weighted by Gasteiger charge is 2.14. The minimum atomic E-state index is -0.468. The molecule has 29 heavy (non-hydrogen) atoms. The molecule has 0 atom stereocenters. The van der Waals surface area contributed by atoms with Crippen molar-refractivity contribution >= 4 is 33.4 Å². The number of amides is 1. The number of hydrogen-bond acceptors (Lipinski definition) is 6. The Hall–Kier alpha value is -3.33. The van der Waals surface area contributed by atoms with Crippen LogP contribution in [0, 0.1) is 5.82 Å². The van der Waals surface area contributed by atoms with Gasteiger partial charge in [0, 0.05) is 28.6 Å². The highest BCUT2D eigenvalue weighted by molar-refractivity contribution is 7.14. The number of ether oxygens (including phenoxy) is 1. The second-order valence-corrected chi connectivity index (χ2v) is 7.52. The molecule has 9 heteroatoms. The van der Waals surface area contributed by atoms with Gasteiger partial charge in [0.25, 0.3) is 5.91 Å². The van der Waals surface area contributed by atoms with Crippen LogP contribution in [0.3, 0.4) is 0 Å². The van der Waals surface area contributed by atoms with Crippen molar-refractivity contribution in [3.05, 3.63) is 53.4 Å². The predicted octanol–water partition coefficient (Wildman–Crippen LogP) is 4.54. The van der Waals surface area contributed by atoms with Crippen LogP contribution in [0.2, 0.25) is 0 Å². The number of nitrogens with zero attached hydrogens (tertiary/aromatic N) is 4. The van der Waals surface area contributed by atoms with Crippen molar-refractivity contribution < 1.29 is 13.9 Å². The fraction of sp³-hybridized carbons (Fsp3) is 0.200. The van der Waals surface area contributed by atoms with E-state index < -0.39 is 5.82 Å². The molecule has 3 heterocycles. The Morgan fingerprint density at radius 2 is 2.10 bits per heavy atom. The number of aromatic nitrogens is 4. The molecule has 0 aliphatic heterocycles. The predicted molar refractivity (Wildman–Crippen MR) is 110 cm³/mol. The van der Waals surface area contributed by atoms with Crippen molar-refractivity contribution in [3.63, 3.8) is 0 Å². The van der Waals surface area contributed by atoms with Crippen LogP contribution in [0.25, 0.3) is 22.3 Å². The van der Waals surface area contributed by atoms with Gasteiger partial charge in [-0.2, -0.15) is 5.10 Å². The van der Waals surface area contributed by atoms with E-state index in [0.717, 1.165) is 11.0 Å². The first-order chi connectivity index (χ1) is 14.0. The lowest BCUT2D eigenvalue weighted by molar-refractivity contribution is 0.102. The summed E-state index contributed by atoms with van der Waals surface area (Å²) < 4.78 is 20.7. The first-order valence-electron chi connectivity index (χ1n) is 8.90. The van der Waals surface area contributed by atoms with Gasteiger partial charge in [0.05, 0.1) is 24.6 Å². The van der Waals surface area contributed by atoms with Gasteiger partial charge in [-0.05, 0) is 38.1 Å². The fourth-order valence-corrected chi connectivity index (χ4v) is 3.62. The summed E-state index contributed by atoms with van der Waals surface area (Å²) in [6.07, 6.45) is 3.21. The SMILES string of the molecule is COc1ccc(-c2csc(NC(=O)c3cnc4c(cnn4C(C)C)c3)n2)cc1F. The van der Waals surface area contributed by atoms with E-state index in [9.17, 15) is 9.18 Å². The Labute approximate surface area is 170 Å². The monoisotopic (exact) mass is 411 g/mol. The van der Waals surface area contributed by atoms with Crippen LogP contribution in [0.1, 0.15) is 30.2 Å². The highest BCUT2D eigenvalue weighted by atomic mass is 32.1. The first kappa shape index (κ1) is 19.0. The number of rotatable bonds is 5. The topological polar surface area (TPSA) is 81.9 Å². The average molecular weight is 411 g/mol. The Kier molecular flexibility index (Phi) is 4.98. The van der Waals surface area contributed by atoms with E-state index in [2.05, 4.69) is 20.4 Å². The number of carbonyl (C=O) groups excluding carboxylic acids is 1. The largest absolute Gasteiger partial charge is 0.494 e. The molecule has 0 bridgehead atoms. The lowest BCUT2D eigenvalue weighted by Gasteiger charge is -2.06. The average Bonchev–Trinajstić information content (AvgIpc) is 3.34. The Bertz CT molecular complexity index is 1200. The number of fused-ring (bicyclic) bond motifs is 1. The zero-order valence-electron chi connectivity index (χ0n) is 16.0. The number of methoxy groups -OCH3 is 1. The summed E-state index contributed by atoms with van der Waals surface area (Å²) in [6, 6.07) is 6.53.